The van der Waals surface area contributed by atoms with Crippen molar-refractivity contribution < 1.29 is 19.1 Å². The zero-order valence-corrected chi connectivity index (χ0v) is 17.4. The van der Waals surface area contributed by atoms with Crippen molar-refractivity contribution in [3.63, 3.8) is 0 Å². The van der Waals surface area contributed by atoms with E-state index in [1.807, 2.05) is 19.9 Å². The number of carbonyl (C=O) groups excluding carboxylic acids is 3. The van der Waals surface area contributed by atoms with E-state index in [0.717, 1.165) is 12.0 Å². The van der Waals surface area contributed by atoms with Crippen LogP contribution in [0.15, 0.2) is 24.5 Å². The monoisotopic (exact) mass is 415 g/mol. The van der Waals surface area contributed by atoms with Crippen LogP contribution in [0, 0.1) is 23.2 Å². The molecule has 0 unspecified atom stereocenters. The maximum Gasteiger partial charge on any atom is 0.408 e. The van der Waals surface area contributed by atoms with E-state index in [9.17, 15) is 19.6 Å². The lowest BCUT2D eigenvalue weighted by atomic mass is 9.91. The smallest absolute Gasteiger partial charge is 0.408 e. The summed E-state index contributed by atoms with van der Waals surface area (Å²) in [6.07, 6.45) is 4.65. The predicted octanol–water partition coefficient (Wildman–Crippen LogP) is 1.65. The first-order chi connectivity index (χ1) is 14.4. The van der Waals surface area contributed by atoms with Crippen LogP contribution in [0.4, 0.5) is 4.79 Å². The van der Waals surface area contributed by atoms with Gasteiger partial charge in [0, 0.05) is 24.9 Å². The van der Waals surface area contributed by atoms with E-state index in [-0.39, 0.29) is 30.8 Å². The van der Waals surface area contributed by atoms with Crippen LogP contribution >= 0.6 is 0 Å². The molecule has 0 radical (unpaired) electrons. The van der Waals surface area contributed by atoms with Crippen molar-refractivity contribution in [1.29, 1.82) is 5.26 Å². The van der Waals surface area contributed by atoms with Crippen LogP contribution in [0.3, 0.4) is 0 Å². The van der Waals surface area contributed by atoms with Crippen LogP contribution in [0.25, 0.3) is 0 Å². The summed E-state index contributed by atoms with van der Waals surface area (Å²) in [5.41, 5.74) is 0.778. The first kappa shape index (κ1) is 23.1. The zero-order chi connectivity index (χ0) is 21.9. The number of nitriles is 1. The minimum atomic E-state index is -0.842. The highest BCUT2D eigenvalue weighted by atomic mass is 16.5. The standard InChI is InChI=1S/C21H29N5O4/c1-14(2)10-18(26-21(29)30-13-15-5-8-23-9-6-15)20(28)25-17(12-22)11-16-4-3-7-24-19(16)27/h5-6,8-9,14,16-18H,3-4,7,10-11,13H2,1-2H3,(H,24,27)(H,25,28)(H,26,29)/t16-,17-,18-/m0/s1. The fourth-order valence-electron chi connectivity index (χ4n) is 3.28. The number of aromatic nitrogens is 1. The summed E-state index contributed by atoms with van der Waals surface area (Å²) >= 11 is 0. The van der Waals surface area contributed by atoms with Gasteiger partial charge in [0.2, 0.25) is 11.8 Å². The van der Waals surface area contributed by atoms with Crippen molar-refractivity contribution in [1.82, 2.24) is 20.9 Å². The quantitative estimate of drug-likeness (QED) is 0.562. The van der Waals surface area contributed by atoms with Gasteiger partial charge in [-0.1, -0.05) is 13.8 Å². The SMILES string of the molecule is CC(C)C[C@H](NC(=O)OCc1ccncc1)C(=O)N[C@H](C#N)C[C@@H]1CCCNC1=O. The summed E-state index contributed by atoms with van der Waals surface area (Å²) in [6, 6.07) is 3.85. The van der Waals surface area contributed by atoms with Crippen molar-refractivity contribution in [3.05, 3.63) is 30.1 Å². The zero-order valence-electron chi connectivity index (χ0n) is 17.4. The van der Waals surface area contributed by atoms with Crippen LogP contribution < -0.4 is 16.0 Å². The fraction of sp³-hybridized carbons (Fsp3) is 0.571. The molecule has 9 nitrogen and oxygen atoms in total. The highest BCUT2D eigenvalue weighted by molar-refractivity contribution is 5.86. The first-order valence-corrected chi connectivity index (χ1v) is 10.2. The van der Waals surface area contributed by atoms with E-state index in [0.29, 0.717) is 19.4 Å². The van der Waals surface area contributed by atoms with Gasteiger partial charge in [-0.2, -0.15) is 5.26 Å². The van der Waals surface area contributed by atoms with Crippen molar-refractivity contribution in [2.24, 2.45) is 11.8 Å². The van der Waals surface area contributed by atoms with Gasteiger partial charge in [0.25, 0.3) is 0 Å². The number of nitrogens with zero attached hydrogens (tertiary/aromatic N) is 2. The third-order valence-electron chi connectivity index (χ3n) is 4.83. The lowest BCUT2D eigenvalue weighted by molar-refractivity contribution is -0.128. The van der Waals surface area contributed by atoms with Crippen LogP contribution in [-0.4, -0.2) is 41.5 Å². The number of piperidine rings is 1. The Morgan fingerprint density at radius 3 is 2.70 bits per heavy atom. The Bertz CT molecular complexity index is 762. The Morgan fingerprint density at radius 1 is 1.33 bits per heavy atom. The van der Waals surface area contributed by atoms with Gasteiger partial charge >= 0.3 is 6.09 Å². The Balaban J connectivity index is 1.91. The van der Waals surface area contributed by atoms with Gasteiger partial charge in [0.1, 0.15) is 18.7 Å². The van der Waals surface area contributed by atoms with E-state index in [1.54, 1.807) is 24.5 Å². The molecule has 1 aliphatic rings. The fourth-order valence-corrected chi connectivity index (χ4v) is 3.28. The molecule has 1 aromatic rings. The Labute approximate surface area is 176 Å². The number of hydrogen-bond donors (Lipinski definition) is 3. The second-order valence-corrected chi connectivity index (χ2v) is 7.81. The van der Waals surface area contributed by atoms with Gasteiger partial charge in [0.05, 0.1) is 6.07 Å². The van der Waals surface area contributed by atoms with E-state index < -0.39 is 24.1 Å². The molecular formula is C21H29N5O4. The molecule has 1 saturated heterocycles. The largest absolute Gasteiger partial charge is 0.445 e. The average molecular weight is 415 g/mol. The molecule has 2 rings (SSSR count). The third-order valence-corrected chi connectivity index (χ3v) is 4.83. The third kappa shape index (κ3) is 7.70. The first-order valence-electron chi connectivity index (χ1n) is 10.2. The predicted molar refractivity (Wildman–Crippen MR) is 109 cm³/mol. The van der Waals surface area contributed by atoms with Gasteiger partial charge in [-0.15, -0.1) is 0 Å². The molecule has 0 aromatic carbocycles. The van der Waals surface area contributed by atoms with Gasteiger partial charge in [0.15, 0.2) is 0 Å². The van der Waals surface area contributed by atoms with Crippen LogP contribution in [0.1, 0.15) is 45.1 Å². The number of pyridine rings is 1. The van der Waals surface area contributed by atoms with Crippen molar-refractivity contribution in [2.45, 2.75) is 58.2 Å². The number of rotatable bonds is 9. The average Bonchev–Trinajstić information content (AvgIpc) is 2.73. The van der Waals surface area contributed by atoms with Crippen molar-refractivity contribution in [3.8, 4) is 6.07 Å². The molecule has 162 valence electrons. The number of carbonyl (C=O) groups is 3. The molecule has 3 amide bonds. The molecular weight excluding hydrogens is 386 g/mol. The Morgan fingerprint density at radius 2 is 2.07 bits per heavy atom. The van der Waals surface area contributed by atoms with Gasteiger partial charge < -0.3 is 20.7 Å². The summed E-state index contributed by atoms with van der Waals surface area (Å²) in [7, 11) is 0. The van der Waals surface area contributed by atoms with E-state index in [1.165, 1.54) is 0 Å². The molecule has 0 bridgehead atoms. The lowest BCUT2D eigenvalue weighted by Gasteiger charge is -2.25. The van der Waals surface area contributed by atoms with Crippen LogP contribution in [-0.2, 0) is 20.9 Å². The highest BCUT2D eigenvalue weighted by Crippen LogP contribution is 2.17. The van der Waals surface area contributed by atoms with Crippen LogP contribution in [0.2, 0.25) is 0 Å². The molecule has 0 spiro atoms. The summed E-state index contributed by atoms with van der Waals surface area (Å²) in [4.78, 5) is 40.8. The van der Waals surface area contributed by atoms with Crippen LogP contribution in [0.5, 0.6) is 0 Å². The molecule has 30 heavy (non-hydrogen) atoms. The number of amides is 3. The molecule has 0 saturated carbocycles. The molecule has 2 heterocycles. The molecule has 1 fully saturated rings. The van der Waals surface area contributed by atoms with E-state index in [4.69, 9.17) is 4.74 Å². The summed E-state index contributed by atoms with van der Waals surface area (Å²) in [5, 5.41) is 17.5. The molecule has 0 aliphatic carbocycles. The van der Waals surface area contributed by atoms with Gasteiger partial charge in [-0.25, -0.2) is 4.79 Å². The number of hydrogen-bond acceptors (Lipinski definition) is 6. The van der Waals surface area contributed by atoms with Gasteiger partial charge in [-0.05, 0) is 49.3 Å². The van der Waals surface area contributed by atoms with E-state index >= 15 is 0 Å². The maximum absolute atomic E-state index is 12.7. The second-order valence-electron chi connectivity index (χ2n) is 7.81. The normalized spacial score (nSPS) is 17.9. The Hall–Kier alpha value is -3.15. The topological polar surface area (TPSA) is 133 Å². The summed E-state index contributed by atoms with van der Waals surface area (Å²) in [6.45, 7) is 4.56. The Kier molecular flexibility index (Phi) is 9.06. The van der Waals surface area contributed by atoms with Crippen molar-refractivity contribution >= 4 is 17.9 Å². The number of alkyl carbamates (subject to hydrolysis) is 1. The number of ether oxygens (including phenoxy) is 1. The molecule has 3 N–H and O–H groups in total. The minimum absolute atomic E-state index is 0.0575. The van der Waals surface area contributed by atoms with E-state index in [2.05, 4.69) is 20.9 Å². The second kappa shape index (κ2) is 11.8. The van der Waals surface area contributed by atoms with Crippen molar-refractivity contribution in [2.75, 3.05) is 6.54 Å². The lowest BCUT2D eigenvalue weighted by Crippen LogP contribution is -2.51. The minimum Gasteiger partial charge on any atom is -0.445 e. The molecule has 9 heteroatoms. The summed E-state index contributed by atoms with van der Waals surface area (Å²) in [5.74, 6) is -0.726. The molecule has 3 atom stereocenters. The summed E-state index contributed by atoms with van der Waals surface area (Å²) < 4.78 is 5.18. The van der Waals surface area contributed by atoms with Gasteiger partial charge in [-0.3, -0.25) is 14.6 Å². The molecule has 1 aliphatic heterocycles. The maximum atomic E-state index is 12.7. The number of nitrogens with one attached hydrogen (secondary N) is 3. The highest BCUT2D eigenvalue weighted by Gasteiger charge is 2.29. The molecule has 1 aromatic heterocycles.